The summed E-state index contributed by atoms with van der Waals surface area (Å²) >= 11 is 0. The normalized spacial score (nSPS) is 13.7. The highest BCUT2D eigenvalue weighted by Crippen LogP contribution is 2.34. The van der Waals surface area contributed by atoms with Crippen LogP contribution in [-0.2, 0) is 18.3 Å². The molecule has 1 heterocycles. The van der Waals surface area contributed by atoms with Gasteiger partial charge in [0.05, 0.1) is 23.9 Å². The van der Waals surface area contributed by atoms with Crippen molar-refractivity contribution in [3.8, 4) is 22.9 Å². The summed E-state index contributed by atoms with van der Waals surface area (Å²) in [6, 6.07) is 18.5. The number of hydrogen-bond acceptors (Lipinski definition) is 5. The largest absolute Gasteiger partial charge is 0.439 e. The quantitative estimate of drug-likeness (QED) is 0.367. The van der Waals surface area contributed by atoms with Gasteiger partial charge in [0, 0.05) is 31.7 Å². The van der Waals surface area contributed by atoms with Crippen molar-refractivity contribution in [2.24, 2.45) is 7.05 Å². The maximum Gasteiger partial charge on any atom is 0.222 e. The van der Waals surface area contributed by atoms with Crippen molar-refractivity contribution < 1.29 is 14.6 Å². The Kier molecular flexibility index (Phi) is 9.11. The number of benzene rings is 2. The molecule has 3 rings (SSSR count). The van der Waals surface area contributed by atoms with Crippen molar-refractivity contribution in [3.05, 3.63) is 65.7 Å². The highest BCUT2D eigenvalue weighted by molar-refractivity contribution is 5.65. The predicted molar refractivity (Wildman–Crippen MR) is 142 cm³/mol. The van der Waals surface area contributed by atoms with Crippen LogP contribution in [0.2, 0.25) is 0 Å². The maximum atomic E-state index is 10.8. The van der Waals surface area contributed by atoms with Crippen LogP contribution in [0.25, 0.3) is 11.3 Å². The summed E-state index contributed by atoms with van der Waals surface area (Å²) in [4.78, 5) is 2.29. The van der Waals surface area contributed by atoms with Crippen LogP contribution in [0.3, 0.4) is 0 Å². The van der Waals surface area contributed by atoms with Gasteiger partial charge in [0.25, 0.3) is 0 Å². The molecule has 0 aliphatic heterocycles. The summed E-state index contributed by atoms with van der Waals surface area (Å²) in [7, 11) is 1.92. The summed E-state index contributed by atoms with van der Waals surface area (Å²) in [5.41, 5.74) is 3.83. The van der Waals surface area contributed by atoms with Gasteiger partial charge < -0.3 is 14.6 Å². The van der Waals surface area contributed by atoms with E-state index in [1.165, 1.54) is 5.56 Å². The topological polar surface area (TPSA) is 59.8 Å². The zero-order chi connectivity index (χ0) is 25.6. The molecule has 0 bridgehead atoms. The molecule has 2 aromatic carbocycles. The second kappa shape index (κ2) is 11.8. The summed E-state index contributed by atoms with van der Waals surface area (Å²) in [5, 5.41) is 15.7. The van der Waals surface area contributed by atoms with E-state index in [9.17, 15) is 5.11 Å². The molecule has 0 amide bonds. The Morgan fingerprint density at radius 1 is 1.06 bits per heavy atom. The van der Waals surface area contributed by atoms with Crippen LogP contribution in [0, 0.1) is 6.92 Å². The number of hydrogen-bond donors (Lipinski definition) is 1. The number of rotatable bonds is 11. The van der Waals surface area contributed by atoms with E-state index in [-0.39, 0.29) is 11.6 Å². The van der Waals surface area contributed by atoms with Crippen molar-refractivity contribution >= 4 is 0 Å². The van der Waals surface area contributed by atoms with E-state index in [0.717, 1.165) is 29.0 Å². The van der Waals surface area contributed by atoms with E-state index in [2.05, 4.69) is 37.8 Å². The summed E-state index contributed by atoms with van der Waals surface area (Å²) in [6.07, 6.45) is 0.364. The molecule has 0 fully saturated rings. The number of aryl methyl sites for hydroxylation is 2. The van der Waals surface area contributed by atoms with Gasteiger partial charge in [0.15, 0.2) is 0 Å². The number of ether oxygens (including phenoxy) is 2. The zero-order valence-electron chi connectivity index (χ0n) is 22.3. The van der Waals surface area contributed by atoms with Gasteiger partial charge in [-0.15, -0.1) is 0 Å². The summed E-state index contributed by atoms with van der Waals surface area (Å²) < 4.78 is 14.1. The molecular weight excluding hydrogens is 438 g/mol. The molecule has 190 valence electrons. The van der Waals surface area contributed by atoms with Crippen LogP contribution in [0.4, 0.5) is 0 Å². The molecule has 0 aliphatic rings. The molecule has 6 nitrogen and oxygen atoms in total. The Morgan fingerprint density at radius 3 is 2.31 bits per heavy atom. The average molecular weight is 480 g/mol. The molecule has 0 saturated heterocycles. The Morgan fingerprint density at radius 2 is 1.71 bits per heavy atom. The molecule has 0 unspecified atom stereocenters. The van der Waals surface area contributed by atoms with Crippen LogP contribution in [-0.4, -0.2) is 50.7 Å². The third-order valence-electron chi connectivity index (χ3n) is 6.10. The Bertz CT molecular complexity index is 1060. The second-order valence-electron chi connectivity index (χ2n) is 10.3. The fourth-order valence-corrected chi connectivity index (χ4v) is 3.90. The van der Waals surface area contributed by atoms with Gasteiger partial charge in [-0.2, -0.15) is 5.10 Å². The number of aromatic nitrogens is 2. The van der Waals surface area contributed by atoms with Crippen LogP contribution in [0.5, 0.6) is 11.6 Å². The van der Waals surface area contributed by atoms with Crippen molar-refractivity contribution in [3.63, 3.8) is 0 Å². The Hall–Kier alpha value is -2.67. The number of nitrogens with zero attached hydrogens (tertiary/aromatic N) is 3. The molecular formula is C29H41N3O3. The van der Waals surface area contributed by atoms with E-state index in [0.29, 0.717) is 25.6 Å². The maximum absolute atomic E-state index is 10.8. The number of aliphatic hydroxyl groups excluding tert-OH is 1. The minimum absolute atomic E-state index is 0.260. The van der Waals surface area contributed by atoms with Crippen LogP contribution in [0.15, 0.2) is 54.6 Å². The van der Waals surface area contributed by atoms with Gasteiger partial charge in [0.2, 0.25) is 5.88 Å². The lowest BCUT2D eigenvalue weighted by molar-refractivity contribution is -0.0593. The van der Waals surface area contributed by atoms with Gasteiger partial charge in [-0.1, -0.05) is 55.0 Å². The molecule has 3 aromatic rings. The van der Waals surface area contributed by atoms with Crippen molar-refractivity contribution in [1.29, 1.82) is 0 Å². The monoisotopic (exact) mass is 479 g/mol. The SMILES string of the molecule is CC[C@H](C)N(Cc1c(-c2ccccc2)nn(C)c1Oc1ccc(C)cc1)C[C@@H](O)COC(C)(C)C. The van der Waals surface area contributed by atoms with E-state index >= 15 is 0 Å². The lowest BCUT2D eigenvalue weighted by Crippen LogP contribution is -2.41. The smallest absolute Gasteiger partial charge is 0.222 e. The van der Waals surface area contributed by atoms with Gasteiger partial charge >= 0.3 is 0 Å². The fourth-order valence-electron chi connectivity index (χ4n) is 3.90. The van der Waals surface area contributed by atoms with Gasteiger partial charge in [-0.3, -0.25) is 4.90 Å². The first-order valence-corrected chi connectivity index (χ1v) is 12.5. The standard InChI is InChI=1S/C29H41N3O3/c1-8-22(3)32(18-24(33)20-34-29(4,5)6)19-26-27(23-12-10-9-11-13-23)30-31(7)28(26)35-25-16-14-21(2)15-17-25/h9-17,22,24,33H,8,18-20H2,1-7H3/t22-,24+/m0/s1. The van der Waals surface area contributed by atoms with E-state index in [1.54, 1.807) is 0 Å². The molecule has 35 heavy (non-hydrogen) atoms. The molecule has 1 N–H and O–H groups in total. The lowest BCUT2D eigenvalue weighted by Gasteiger charge is -2.31. The van der Waals surface area contributed by atoms with E-state index in [4.69, 9.17) is 14.6 Å². The third kappa shape index (κ3) is 7.66. The molecule has 1 aromatic heterocycles. The third-order valence-corrected chi connectivity index (χ3v) is 6.10. The molecule has 0 radical (unpaired) electrons. The van der Waals surface area contributed by atoms with E-state index in [1.807, 2.05) is 75.0 Å². The highest BCUT2D eigenvalue weighted by atomic mass is 16.5. The molecule has 6 heteroatoms. The van der Waals surface area contributed by atoms with Crippen molar-refractivity contribution in [1.82, 2.24) is 14.7 Å². The Labute approximate surface area is 210 Å². The average Bonchev–Trinajstić information content (AvgIpc) is 3.13. The highest BCUT2D eigenvalue weighted by Gasteiger charge is 2.26. The summed E-state index contributed by atoms with van der Waals surface area (Å²) in [5.74, 6) is 1.48. The Balaban J connectivity index is 1.95. The molecule has 0 aliphatic carbocycles. The molecule has 0 spiro atoms. The minimum Gasteiger partial charge on any atom is -0.439 e. The number of aliphatic hydroxyl groups is 1. The predicted octanol–water partition coefficient (Wildman–Crippen LogP) is 5.96. The second-order valence-corrected chi connectivity index (χ2v) is 10.3. The van der Waals surface area contributed by atoms with Crippen molar-refractivity contribution in [2.45, 2.75) is 72.3 Å². The zero-order valence-corrected chi connectivity index (χ0v) is 22.3. The van der Waals surface area contributed by atoms with Crippen LogP contribution < -0.4 is 4.74 Å². The summed E-state index contributed by atoms with van der Waals surface area (Å²) in [6.45, 7) is 13.8. The van der Waals surface area contributed by atoms with Crippen molar-refractivity contribution in [2.75, 3.05) is 13.2 Å². The van der Waals surface area contributed by atoms with E-state index < -0.39 is 6.10 Å². The first kappa shape index (κ1) is 26.9. The first-order chi connectivity index (χ1) is 16.6. The van der Waals surface area contributed by atoms with Gasteiger partial charge in [-0.25, -0.2) is 4.68 Å². The van der Waals surface area contributed by atoms with Gasteiger partial charge in [0.1, 0.15) is 11.4 Å². The minimum atomic E-state index is -0.596. The first-order valence-electron chi connectivity index (χ1n) is 12.5. The molecule has 0 saturated carbocycles. The molecule has 2 atom stereocenters. The fraction of sp³-hybridized carbons (Fsp3) is 0.483. The lowest BCUT2D eigenvalue weighted by atomic mass is 10.1. The van der Waals surface area contributed by atoms with Crippen LogP contribution >= 0.6 is 0 Å². The van der Waals surface area contributed by atoms with Gasteiger partial charge in [-0.05, 0) is 53.2 Å². The van der Waals surface area contributed by atoms with Crippen LogP contribution in [0.1, 0.15) is 52.2 Å².